The summed E-state index contributed by atoms with van der Waals surface area (Å²) in [5.41, 5.74) is 0.199. The van der Waals surface area contributed by atoms with Crippen molar-refractivity contribution < 1.29 is 19.2 Å². The molecule has 1 aliphatic rings. The Bertz CT molecular complexity index is 728. The van der Waals surface area contributed by atoms with Gasteiger partial charge in [-0.3, -0.25) is 10.1 Å². The molecule has 0 aliphatic carbocycles. The number of hydrogen-bond donors (Lipinski definition) is 1. The maximum atomic E-state index is 12.1. The van der Waals surface area contributed by atoms with Crippen molar-refractivity contribution in [3.05, 3.63) is 32.8 Å². The van der Waals surface area contributed by atoms with Crippen LogP contribution in [0.15, 0.2) is 12.1 Å². The van der Waals surface area contributed by atoms with Crippen molar-refractivity contribution in [3.63, 3.8) is 0 Å². The van der Waals surface area contributed by atoms with Gasteiger partial charge >= 0.3 is 11.8 Å². The van der Waals surface area contributed by atoms with E-state index in [1.54, 1.807) is 11.0 Å². The summed E-state index contributed by atoms with van der Waals surface area (Å²) in [7, 11) is 1.40. The second-order valence-corrected chi connectivity index (χ2v) is 8.64. The molecule has 0 atom stereocenters. The first-order valence-corrected chi connectivity index (χ1v) is 10.2. The van der Waals surface area contributed by atoms with Gasteiger partial charge in [-0.25, -0.2) is 4.79 Å². The van der Waals surface area contributed by atoms with E-state index in [2.05, 4.69) is 5.32 Å². The average molecular weight is 428 g/mol. The highest BCUT2D eigenvalue weighted by atomic mass is 35.5. The summed E-state index contributed by atoms with van der Waals surface area (Å²) >= 11 is 6.18. The Kier molecular flexibility index (Phi) is 8.10. The summed E-state index contributed by atoms with van der Waals surface area (Å²) in [6.45, 7) is 8.56. The largest absolute Gasteiger partial charge is 0.490 e. The Hall–Kier alpha value is -2.06. The Morgan fingerprint density at radius 2 is 2.00 bits per heavy atom. The number of carbonyl (C=O) groups is 1. The minimum absolute atomic E-state index is 0.133. The fraction of sp³-hybridized carbons (Fsp3) is 0.650. The minimum atomic E-state index is -0.504. The van der Waals surface area contributed by atoms with Crippen molar-refractivity contribution in [2.45, 2.75) is 45.6 Å². The lowest BCUT2D eigenvalue weighted by Crippen LogP contribution is -2.43. The van der Waals surface area contributed by atoms with Gasteiger partial charge in [-0.05, 0) is 70.7 Å². The molecule has 0 unspecified atom stereocenters. The van der Waals surface area contributed by atoms with E-state index in [0.29, 0.717) is 37.0 Å². The Balaban J connectivity index is 1.75. The fourth-order valence-corrected chi connectivity index (χ4v) is 3.51. The van der Waals surface area contributed by atoms with Gasteiger partial charge in [0.05, 0.1) is 17.1 Å². The zero-order valence-electron chi connectivity index (χ0n) is 17.5. The highest BCUT2D eigenvalue weighted by Gasteiger charge is 2.26. The second-order valence-electron chi connectivity index (χ2n) is 8.24. The van der Waals surface area contributed by atoms with Crippen molar-refractivity contribution in [2.24, 2.45) is 5.92 Å². The van der Waals surface area contributed by atoms with Gasteiger partial charge in [0, 0.05) is 19.2 Å². The van der Waals surface area contributed by atoms with Gasteiger partial charge in [0.1, 0.15) is 5.60 Å². The van der Waals surface area contributed by atoms with E-state index in [9.17, 15) is 14.9 Å². The summed E-state index contributed by atoms with van der Waals surface area (Å²) in [5, 5.41) is 14.8. The highest BCUT2D eigenvalue weighted by molar-refractivity contribution is 6.31. The number of likely N-dealkylation sites (tertiary alicyclic amines) is 1. The van der Waals surface area contributed by atoms with E-state index in [-0.39, 0.29) is 17.5 Å². The predicted molar refractivity (Wildman–Crippen MR) is 112 cm³/mol. The summed E-state index contributed by atoms with van der Waals surface area (Å²) in [6.07, 6.45) is 2.26. The molecular weight excluding hydrogens is 398 g/mol. The molecule has 1 heterocycles. The molecule has 1 fully saturated rings. The Morgan fingerprint density at radius 1 is 1.34 bits per heavy atom. The Morgan fingerprint density at radius 3 is 2.55 bits per heavy atom. The fourth-order valence-electron chi connectivity index (χ4n) is 3.26. The highest BCUT2D eigenvalue weighted by Crippen LogP contribution is 2.33. The number of nitro benzene ring substituents is 1. The lowest BCUT2D eigenvalue weighted by molar-refractivity contribution is -0.385. The molecule has 1 aliphatic heterocycles. The first-order valence-electron chi connectivity index (χ1n) is 9.80. The minimum Gasteiger partial charge on any atom is -0.490 e. The number of rotatable bonds is 7. The van der Waals surface area contributed by atoms with Crippen molar-refractivity contribution in [3.8, 4) is 5.75 Å². The van der Waals surface area contributed by atoms with Crippen LogP contribution in [0.2, 0.25) is 5.02 Å². The standard InChI is InChI=1S/C20H30ClN3O5/c1-20(2,3)29-19(25)23-9-6-14(7-10-23)13-22-8-5-15-11-18(28-4)17(24(26)27)12-16(15)21/h11-12,14,22H,5-10,13H2,1-4H3. The van der Waals surface area contributed by atoms with Crippen LogP contribution in [0, 0.1) is 16.0 Å². The molecule has 1 amide bonds. The molecule has 9 heteroatoms. The van der Waals surface area contributed by atoms with Crippen molar-refractivity contribution in [1.82, 2.24) is 10.2 Å². The number of hydrogen-bond acceptors (Lipinski definition) is 6. The quantitative estimate of drug-likeness (QED) is 0.401. The molecule has 1 aromatic rings. The molecular formula is C20H30ClN3O5. The van der Waals surface area contributed by atoms with E-state index in [4.69, 9.17) is 21.1 Å². The predicted octanol–water partition coefficient (Wildman–Crippen LogP) is 4.04. The molecule has 1 aromatic carbocycles. The van der Waals surface area contributed by atoms with E-state index >= 15 is 0 Å². The third-order valence-corrected chi connectivity index (χ3v) is 5.17. The van der Waals surface area contributed by atoms with Crippen LogP contribution in [-0.4, -0.2) is 54.8 Å². The number of piperidine rings is 1. The molecule has 0 bridgehead atoms. The number of halogens is 1. The van der Waals surface area contributed by atoms with Gasteiger partial charge in [-0.15, -0.1) is 0 Å². The zero-order chi connectivity index (χ0) is 21.6. The SMILES string of the molecule is COc1cc(CCNCC2CCN(C(=O)OC(C)(C)C)CC2)c(Cl)cc1[N+](=O)[O-]. The molecule has 162 valence electrons. The molecule has 8 nitrogen and oxygen atoms in total. The van der Waals surface area contributed by atoms with Gasteiger partial charge in [0.15, 0.2) is 5.75 Å². The first kappa shape index (κ1) is 23.2. The zero-order valence-corrected chi connectivity index (χ0v) is 18.3. The van der Waals surface area contributed by atoms with Crippen molar-refractivity contribution >= 4 is 23.4 Å². The van der Waals surface area contributed by atoms with Gasteiger partial charge in [-0.2, -0.15) is 0 Å². The maximum Gasteiger partial charge on any atom is 0.410 e. The molecule has 2 rings (SSSR count). The van der Waals surface area contributed by atoms with Gasteiger partial charge in [0.25, 0.3) is 0 Å². The summed E-state index contributed by atoms with van der Waals surface area (Å²) in [6, 6.07) is 2.96. The third kappa shape index (κ3) is 7.04. The normalized spacial score (nSPS) is 15.3. The van der Waals surface area contributed by atoms with Crippen LogP contribution in [-0.2, 0) is 11.2 Å². The number of amides is 1. The van der Waals surface area contributed by atoms with Crippen LogP contribution < -0.4 is 10.1 Å². The lowest BCUT2D eigenvalue weighted by atomic mass is 9.97. The number of nitrogens with one attached hydrogen (secondary N) is 1. The summed E-state index contributed by atoms with van der Waals surface area (Å²) < 4.78 is 10.5. The number of carbonyl (C=O) groups excluding carboxylic acids is 1. The summed E-state index contributed by atoms with van der Waals surface area (Å²) in [5.74, 6) is 0.708. The number of methoxy groups -OCH3 is 1. The van der Waals surface area contributed by atoms with Crippen LogP contribution >= 0.6 is 11.6 Å². The van der Waals surface area contributed by atoms with Crippen LogP contribution in [0.5, 0.6) is 5.75 Å². The maximum absolute atomic E-state index is 12.1. The molecule has 0 radical (unpaired) electrons. The smallest absolute Gasteiger partial charge is 0.410 e. The molecule has 1 N–H and O–H groups in total. The average Bonchev–Trinajstić information content (AvgIpc) is 2.65. The molecule has 0 aromatic heterocycles. The summed E-state index contributed by atoms with van der Waals surface area (Å²) in [4.78, 5) is 24.4. The topological polar surface area (TPSA) is 93.9 Å². The van der Waals surface area contributed by atoms with Crippen LogP contribution in [0.25, 0.3) is 0 Å². The third-order valence-electron chi connectivity index (χ3n) is 4.81. The molecule has 29 heavy (non-hydrogen) atoms. The number of benzene rings is 1. The van der Waals surface area contributed by atoms with Crippen molar-refractivity contribution in [1.29, 1.82) is 0 Å². The van der Waals surface area contributed by atoms with Gasteiger partial charge in [-0.1, -0.05) is 11.6 Å². The van der Waals surface area contributed by atoms with E-state index in [0.717, 1.165) is 24.9 Å². The first-order chi connectivity index (χ1) is 13.6. The van der Waals surface area contributed by atoms with Crippen LogP contribution in [0.3, 0.4) is 0 Å². The monoisotopic (exact) mass is 427 g/mol. The van der Waals surface area contributed by atoms with Gasteiger partial charge < -0.3 is 19.7 Å². The molecule has 0 spiro atoms. The van der Waals surface area contributed by atoms with Crippen LogP contribution in [0.4, 0.5) is 10.5 Å². The lowest BCUT2D eigenvalue weighted by Gasteiger charge is -2.33. The second kappa shape index (κ2) is 10.1. The van der Waals surface area contributed by atoms with Crippen LogP contribution in [0.1, 0.15) is 39.2 Å². The molecule has 1 saturated heterocycles. The van der Waals surface area contributed by atoms with E-state index in [1.165, 1.54) is 13.2 Å². The number of nitrogens with zero attached hydrogens (tertiary/aromatic N) is 2. The molecule has 0 saturated carbocycles. The number of ether oxygens (including phenoxy) is 2. The van der Waals surface area contributed by atoms with Gasteiger partial charge in [0.2, 0.25) is 0 Å². The van der Waals surface area contributed by atoms with E-state index < -0.39 is 10.5 Å². The number of nitro groups is 1. The van der Waals surface area contributed by atoms with E-state index in [1.807, 2.05) is 20.8 Å². The van der Waals surface area contributed by atoms with Crippen molar-refractivity contribution in [2.75, 3.05) is 33.3 Å². The Labute approximate surface area is 176 Å².